The average molecular weight is 457 g/mol. The molecule has 0 saturated carbocycles. The normalized spacial score (nSPS) is 17.4. The predicted molar refractivity (Wildman–Crippen MR) is 115 cm³/mol. The Hall–Kier alpha value is -2.95. The lowest BCUT2D eigenvalue weighted by Crippen LogP contribution is -2.48. The quantitative estimate of drug-likeness (QED) is 0.555. The third-order valence-corrected chi connectivity index (χ3v) is 7.44. The topological polar surface area (TPSA) is 98.0 Å². The van der Waals surface area contributed by atoms with E-state index in [1.807, 2.05) is 30.3 Å². The first-order valence-electron chi connectivity index (χ1n) is 10.6. The molecule has 0 atom stereocenters. The van der Waals surface area contributed by atoms with Crippen LogP contribution in [0.1, 0.15) is 17.3 Å². The van der Waals surface area contributed by atoms with Gasteiger partial charge in [0, 0.05) is 32.2 Å². The number of piperazine rings is 1. The summed E-state index contributed by atoms with van der Waals surface area (Å²) in [6.07, 6.45) is 0.593. The molecule has 2 aromatic carbocycles. The number of fused-ring (bicyclic) bond motifs is 1. The van der Waals surface area contributed by atoms with E-state index in [2.05, 4.69) is 15.1 Å². The van der Waals surface area contributed by atoms with Gasteiger partial charge in [0.25, 0.3) is 0 Å². The van der Waals surface area contributed by atoms with Crippen molar-refractivity contribution in [1.82, 2.24) is 19.4 Å². The van der Waals surface area contributed by atoms with Gasteiger partial charge in [-0.25, -0.2) is 8.42 Å². The molecule has 10 heteroatoms. The smallest absolute Gasteiger partial charge is 0.243 e. The van der Waals surface area contributed by atoms with Crippen molar-refractivity contribution in [3.05, 3.63) is 65.9 Å². The molecule has 3 aromatic rings. The lowest BCUT2D eigenvalue weighted by atomic mass is 10.2. The van der Waals surface area contributed by atoms with Crippen molar-refractivity contribution in [2.24, 2.45) is 0 Å². The molecule has 32 heavy (non-hydrogen) atoms. The summed E-state index contributed by atoms with van der Waals surface area (Å²) < 4.78 is 44.5. The van der Waals surface area contributed by atoms with E-state index in [0.29, 0.717) is 75.6 Å². The van der Waals surface area contributed by atoms with Crippen molar-refractivity contribution in [2.75, 3.05) is 39.4 Å². The summed E-state index contributed by atoms with van der Waals surface area (Å²) in [5.74, 6) is 2.16. The van der Waals surface area contributed by atoms with Crippen molar-refractivity contribution in [3.63, 3.8) is 0 Å². The summed E-state index contributed by atoms with van der Waals surface area (Å²) in [6.45, 7) is 3.33. The van der Waals surface area contributed by atoms with Crippen LogP contribution in [0.25, 0.3) is 0 Å². The number of sulfonamides is 1. The molecule has 0 bridgehead atoms. The molecule has 3 heterocycles. The van der Waals surface area contributed by atoms with Crippen LogP contribution in [0.3, 0.4) is 0 Å². The van der Waals surface area contributed by atoms with Gasteiger partial charge in [-0.2, -0.15) is 4.31 Å². The number of benzene rings is 2. The van der Waals surface area contributed by atoms with Gasteiger partial charge < -0.3 is 13.9 Å². The minimum absolute atomic E-state index is 0.220. The van der Waals surface area contributed by atoms with Gasteiger partial charge in [-0.1, -0.05) is 30.3 Å². The van der Waals surface area contributed by atoms with E-state index in [9.17, 15) is 8.42 Å². The first-order valence-corrected chi connectivity index (χ1v) is 12.0. The third-order valence-electron chi connectivity index (χ3n) is 5.55. The van der Waals surface area contributed by atoms with E-state index in [1.165, 1.54) is 4.31 Å². The highest BCUT2D eigenvalue weighted by molar-refractivity contribution is 7.89. The minimum atomic E-state index is -3.60. The van der Waals surface area contributed by atoms with Crippen molar-refractivity contribution in [2.45, 2.75) is 17.9 Å². The van der Waals surface area contributed by atoms with Crippen molar-refractivity contribution in [3.8, 4) is 11.5 Å². The lowest BCUT2D eigenvalue weighted by molar-refractivity contribution is 0.166. The SMILES string of the molecule is O=S(=O)(c1ccc2c(c1)OCCO2)N1CCN(Cc2nnc(Cc3ccccc3)o2)CC1. The molecule has 0 amide bonds. The summed E-state index contributed by atoms with van der Waals surface area (Å²) in [4.78, 5) is 2.34. The summed E-state index contributed by atoms with van der Waals surface area (Å²) in [6, 6.07) is 14.7. The summed E-state index contributed by atoms with van der Waals surface area (Å²) in [5, 5.41) is 8.28. The zero-order valence-corrected chi connectivity index (χ0v) is 18.3. The molecular weight excluding hydrogens is 432 g/mol. The molecule has 2 aliphatic heterocycles. The summed E-state index contributed by atoms with van der Waals surface area (Å²) in [7, 11) is -3.60. The van der Waals surface area contributed by atoms with E-state index in [1.54, 1.807) is 18.2 Å². The second kappa shape index (κ2) is 8.89. The molecule has 5 rings (SSSR count). The highest BCUT2D eigenvalue weighted by atomic mass is 32.2. The maximum Gasteiger partial charge on any atom is 0.243 e. The molecular formula is C22H24N4O5S. The highest BCUT2D eigenvalue weighted by Crippen LogP contribution is 2.33. The first-order chi connectivity index (χ1) is 15.6. The molecule has 1 saturated heterocycles. The van der Waals surface area contributed by atoms with Crippen LogP contribution >= 0.6 is 0 Å². The Morgan fingerprint density at radius 1 is 0.844 bits per heavy atom. The number of aromatic nitrogens is 2. The number of hydrogen-bond acceptors (Lipinski definition) is 8. The molecule has 0 radical (unpaired) electrons. The molecule has 0 aliphatic carbocycles. The Kier molecular flexibility index (Phi) is 5.81. The molecule has 9 nitrogen and oxygen atoms in total. The Balaban J connectivity index is 1.18. The highest BCUT2D eigenvalue weighted by Gasteiger charge is 2.30. The Morgan fingerprint density at radius 2 is 1.56 bits per heavy atom. The first kappa shape index (κ1) is 20.9. The monoisotopic (exact) mass is 456 g/mol. The third kappa shape index (κ3) is 4.47. The number of ether oxygens (including phenoxy) is 2. The van der Waals surface area contributed by atoms with Crippen molar-refractivity contribution < 1.29 is 22.3 Å². The largest absolute Gasteiger partial charge is 0.486 e. The maximum atomic E-state index is 13.1. The maximum absolute atomic E-state index is 13.1. The second-order valence-corrected chi connectivity index (χ2v) is 9.68. The van der Waals surface area contributed by atoms with Crippen LogP contribution in [0.4, 0.5) is 0 Å². The molecule has 1 fully saturated rings. The van der Waals surface area contributed by atoms with E-state index in [0.717, 1.165) is 5.56 Å². The van der Waals surface area contributed by atoms with Gasteiger partial charge in [-0.05, 0) is 17.7 Å². The average Bonchev–Trinajstić information content (AvgIpc) is 3.26. The van der Waals surface area contributed by atoms with E-state index in [-0.39, 0.29) is 4.90 Å². The summed E-state index contributed by atoms with van der Waals surface area (Å²) in [5.41, 5.74) is 1.11. The molecule has 2 aliphatic rings. The van der Waals surface area contributed by atoms with Crippen LogP contribution in [0, 0.1) is 0 Å². The molecule has 168 valence electrons. The fourth-order valence-corrected chi connectivity index (χ4v) is 5.28. The Labute approximate surface area is 186 Å². The number of rotatable bonds is 6. The van der Waals surface area contributed by atoms with Gasteiger partial charge in [-0.3, -0.25) is 4.90 Å². The van der Waals surface area contributed by atoms with Crippen molar-refractivity contribution >= 4 is 10.0 Å². The van der Waals surface area contributed by atoms with Crippen LogP contribution in [0.15, 0.2) is 57.8 Å². The fraction of sp³-hybridized carbons (Fsp3) is 0.364. The van der Waals surface area contributed by atoms with Gasteiger partial charge in [0.2, 0.25) is 21.8 Å². The van der Waals surface area contributed by atoms with Crippen molar-refractivity contribution in [1.29, 1.82) is 0 Å². The van der Waals surface area contributed by atoms with Crippen LogP contribution in [0.2, 0.25) is 0 Å². The Morgan fingerprint density at radius 3 is 2.34 bits per heavy atom. The van der Waals surface area contributed by atoms with Gasteiger partial charge in [0.05, 0.1) is 17.9 Å². The fourth-order valence-electron chi connectivity index (χ4n) is 3.85. The van der Waals surface area contributed by atoms with E-state index in [4.69, 9.17) is 13.9 Å². The zero-order valence-electron chi connectivity index (χ0n) is 17.5. The zero-order chi connectivity index (χ0) is 22.0. The minimum Gasteiger partial charge on any atom is -0.486 e. The summed E-state index contributed by atoms with van der Waals surface area (Å²) >= 11 is 0. The van der Waals surface area contributed by atoms with E-state index < -0.39 is 10.0 Å². The predicted octanol–water partition coefficient (Wildman–Crippen LogP) is 1.94. The molecule has 0 N–H and O–H groups in total. The van der Waals surface area contributed by atoms with E-state index >= 15 is 0 Å². The van der Waals surface area contributed by atoms with Gasteiger partial charge in [-0.15, -0.1) is 10.2 Å². The van der Waals surface area contributed by atoms with Crippen LogP contribution in [-0.2, 0) is 23.0 Å². The van der Waals surface area contributed by atoms with Gasteiger partial charge >= 0.3 is 0 Å². The standard InChI is InChI=1S/C22H24N4O5S/c27-32(28,18-6-7-19-20(15-18)30-13-12-29-19)26-10-8-25(9-11-26)16-22-24-23-21(31-22)14-17-4-2-1-3-5-17/h1-7,15H,8-14,16H2. The second-order valence-electron chi connectivity index (χ2n) is 7.74. The lowest BCUT2D eigenvalue weighted by Gasteiger charge is -2.33. The number of hydrogen-bond donors (Lipinski definition) is 0. The van der Waals surface area contributed by atoms with Crippen LogP contribution < -0.4 is 9.47 Å². The molecule has 0 spiro atoms. The Bertz CT molecular complexity index is 1170. The van der Waals surface area contributed by atoms with Crippen LogP contribution in [0.5, 0.6) is 11.5 Å². The molecule has 0 unspecified atom stereocenters. The number of nitrogens with zero attached hydrogens (tertiary/aromatic N) is 4. The van der Waals surface area contributed by atoms with Gasteiger partial charge in [0.15, 0.2) is 11.5 Å². The van der Waals surface area contributed by atoms with Crippen LogP contribution in [-0.4, -0.2) is 67.2 Å². The molecule has 1 aromatic heterocycles. The van der Waals surface area contributed by atoms with Gasteiger partial charge in [0.1, 0.15) is 13.2 Å².